The smallest absolute Gasteiger partial charge is 0.301 e. The van der Waals surface area contributed by atoms with E-state index in [-0.39, 0.29) is 0 Å². The summed E-state index contributed by atoms with van der Waals surface area (Å²) in [6.45, 7) is 11.5. The number of nitrogens with zero attached hydrogens (tertiary/aromatic N) is 2. The second kappa shape index (κ2) is 11.7. The van der Waals surface area contributed by atoms with Gasteiger partial charge in [0.2, 0.25) is 0 Å². The molecule has 1 rings (SSSR count). The van der Waals surface area contributed by atoms with Crippen molar-refractivity contribution in [3.8, 4) is 0 Å². The van der Waals surface area contributed by atoms with E-state index in [9.17, 15) is 13.2 Å². The molecular formula is C15H27F3N2. The van der Waals surface area contributed by atoms with Crippen LogP contribution >= 0.6 is 0 Å². The van der Waals surface area contributed by atoms with E-state index in [2.05, 4.69) is 11.9 Å². The topological polar surface area (TPSA) is 16.1 Å². The summed E-state index contributed by atoms with van der Waals surface area (Å²) in [6.07, 6.45) is -2.41. The summed E-state index contributed by atoms with van der Waals surface area (Å²) in [6, 6.07) is 2.50. The molecule has 0 saturated heterocycles. The van der Waals surface area contributed by atoms with Gasteiger partial charge in [0.1, 0.15) is 0 Å². The maximum absolute atomic E-state index is 12.3. The molecule has 1 aromatic rings. The molecule has 0 aromatic carbocycles. The van der Waals surface area contributed by atoms with Gasteiger partial charge in [0.25, 0.3) is 0 Å². The number of aromatic nitrogens is 1. The molecule has 0 saturated carbocycles. The highest BCUT2D eigenvalue weighted by Crippen LogP contribution is 2.28. The zero-order valence-corrected chi connectivity index (χ0v) is 13.4. The van der Waals surface area contributed by atoms with Crippen LogP contribution in [0, 0.1) is 0 Å². The molecule has 0 N–H and O–H groups in total. The van der Waals surface area contributed by atoms with Crippen LogP contribution in [0.2, 0.25) is 0 Å². The van der Waals surface area contributed by atoms with Crippen molar-refractivity contribution in [3.05, 3.63) is 29.6 Å². The van der Waals surface area contributed by atoms with Gasteiger partial charge in [-0.25, -0.2) is 0 Å². The van der Waals surface area contributed by atoms with Crippen molar-refractivity contribution in [3.63, 3.8) is 0 Å². The molecule has 0 radical (unpaired) electrons. The average molecular weight is 292 g/mol. The van der Waals surface area contributed by atoms with E-state index in [0.29, 0.717) is 12.2 Å². The van der Waals surface area contributed by atoms with E-state index in [1.165, 1.54) is 6.07 Å². The molecule has 1 heterocycles. The first-order valence-electron chi connectivity index (χ1n) is 7.14. The van der Waals surface area contributed by atoms with Crippen LogP contribution in [-0.2, 0) is 12.7 Å². The van der Waals surface area contributed by atoms with Crippen molar-refractivity contribution in [2.24, 2.45) is 0 Å². The van der Waals surface area contributed by atoms with Crippen molar-refractivity contribution < 1.29 is 13.2 Å². The molecule has 1 aromatic heterocycles. The largest absolute Gasteiger partial charge is 0.417 e. The van der Waals surface area contributed by atoms with Gasteiger partial charge < -0.3 is 4.90 Å². The Morgan fingerprint density at radius 2 is 1.65 bits per heavy atom. The van der Waals surface area contributed by atoms with E-state index in [1.54, 1.807) is 0 Å². The van der Waals surface area contributed by atoms with Gasteiger partial charge >= 0.3 is 6.18 Å². The van der Waals surface area contributed by atoms with Gasteiger partial charge in [-0.2, -0.15) is 13.2 Å². The Morgan fingerprint density at radius 3 is 2.00 bits per heavy atom. The standard InChI is InChI=1S/C11H15F3N2.2C2H6/c1-3-6-16(2)8-10-5-4-9(7-15-10)11(12,13)14;2*1-2/h4-5,7H,3,6,8H2,1-2H3;2*1-2H3. The van der Waals surface area contributed by atoms with Crippen molar-refractivity contribution in [1.29, 1.82) is 0 Å². The number of pyridine rings is 1. The van der Waals surface area contributed by atoms with Gasteiger partial charge in [0.05, 0.1) is 11.3 Å². The van der Waals surface area contributed by atoms with Crippen LogP contribution in [0.25, 0.3) is 0 Å². The minimum Gasteiger partial charge on any atom is -0.301 e. The lowest BCUT2D eigenvalue weighted by Gasteiger charge is -2.15. The first kappa shape index (κ1) is 21.2. The minimum atomic E-state index is -4.30. The Balaban J connectivity index is 0. The molecule has 2 nitrogen and oxygen atoms in total. The van der Waals surface area contributed by atoms with Crippen LogP contribution in [-0.4, -0.2) is 23.5 Å². The van der Waals surface area contributed by atoms with Crippen molar-refractivity contribution in [2.75, 3.05) is 13.6 Å². The zero-order chi connectivity index (χ0) is 16.2. The molecule has 0 amide bonds. The molecule has 20 heavy (non-hydrogen) atoms. The molecule has 0 atom stereocenters. The normalized spacial score (nSPS) is 10.3. The van der Waals surface area contributed by atoms with Crippen LogP contribution in [0.5, 0.6) is 0 Å². The summed E-state index contributed by atoms with van der Waals surface area (Å²) < 4.78 is 36.8. The minimum absolute atomic E-state index is 0.575. The average Bonchev–Trinajstić information content (AvgIpc) is 2.43. The fraction of sp³-hybridized carbons (Fsp3) is 0.667. The summed E-state index contributed by atoms with van der Waals surface area (Å²) in [7, 11) is 1.92. The molecule has 0 spiro atoms. The van der Waals surface area contributed by atoms with Gasteiger partial charge in [-0.05, 0) is 32.1 Å². The third kappa shape index (κ3) is 8.91. The number of hydrogen-bond donors (Lipinski definition) is 0. The summed E-state index contributed by atoms with van der Waals surface area (Å²) in [5.41, 5.74) is -0.0432. The quantitative estimate of drug-likeness (QED) is 0.776. The van der Waals surface area contributed by atoms with Gasteiger partial charge in [0, 0.05) is 12.7 Å². The Labute approximate surface area is 121 Å². The highest BCUT2D eigenvalue weighted by molar-refractivity contribution is 5.16. The summed E-state index contributed by atoms with van der Waals surface area (Å²) >= 11 is 0. The summed E-state index contributed by atoms with van der Waals surface area (Å²) in [5, 5.41) is 0. The lowest BCUT2D eigenvalue weighted by molar-refractivity contribution is -0.137. The Morgan fingerprint density at radius 1 is 1.10 bits per heavy atom. The van der Waals surface area contributed by atoms with E-state index < -0.39 is 11.7 Å². The summed E-state index contributed by atoms with van der Waals surface area (Å²) in [5.74, 6) is 0. The Kier molecular flexibility index (Phi) is 12.4. The van der Waals surface area contributed by atoms with Crippen LogP contribution in [0.1, 0.15) is 52.3 Å². The number of alkyl halides is 3. The van der Waals surface area contributed by atoms with E-state index in [1.807, 2.05) is 39.6 Å². The third-order valence-corrected chi connectivity index (χ3v) is 2.19. The van der Waals surface area contributed by atoms with Gasteiger partial charge in [-0.15, -0.1) is 0 Å². The molecule has 0 aliphatic heterocycles. The first-order valence-corrected chi connectivity index (χ1v) is 7.14. The Hall–Kier alpha value is -1.10. The number of hydrogen-bond acceptors (Lipinski definition) is 2. The maximum Gasteiger partial charge on any atom is 0.417 e. The lowest BCUT2D eigenvalue weighted by atomic mass is 10.2. The molecule has 0 aliphatic carbocycles. The molecular weight excluding hydrogens is 265 g/mol. The predicted octanol–water partition coefficient (Wildman–Crippen LogP) is 4.99. The lowest BCUT2D eigenvalue weighted by Crippen LogP contribution is -2.19. The SMILES string of the molecule is CC.CC.CCCN(C)Cc1ccc(C(F)(F)F)cn1. The predicted molar refractivity (Wildman–Crippen MR) is 78.6 cm³/mol. The van der Waals surface area contributed by atoms with Gasteiger partial charge in [-0.1, -0.05) is 34.6 Å². The zero-order valence-electron chi connectivity index (χ0n) is 13.4. The molecule has 5 heteroatoms. The highest BCUT2D eigenvalue weighted by Gasteiger charge is 2.30. The molecule has 0 fully saturated rings. The molecule has 0 unspecified atom stereocenters. The monoisotopic (exact) mass is 292 g/mol. The van der Waals surface area contributed by atoms with Gasteiger partial charge in [0.15, 0.2) is 0 Å². The molecule has 0 aliphatic rings. The van der Waals surface area contributed by atoms with Crippen LogP contribution < -0.4 is 0 Å². The van der Waals surface area contributed by atoms with Crippen LogP contribution in [0.3, 0.4) is 0 Å². The molecule has 118 valence electrons. The van der Waals surface area contributed by atoms with Crippen LogP contribution in [0.4, 0.5) is 13.2 Å². The van der Waals surface area contributed by atoms with E-state index in [0.717, 1.165) is 25.2 Å². The summed E-state index contributed by atoms with van der Waals surface area (Å²) in [4.78, 5) is 5.83. The van der Waals surface area contributed by atoms with Crippen molar-refractivity contribution >= 4 is 0 Å². The van der Waals surface area contributed by atoms with E-state index >= 15 is 0 Å². The maximum atomic E-state index is 12.3. The number of rotatable bonds is 4. The fourth-order valence-electron chi connectivity index (χ4n) is 1.42. The number of halogens is 3. The van der Waals surface area contributed by atoms with Crippen molar-refractivity contribution in [1.82, 2.24) is 9.88 Å². The second-order valence-corrected chi connectivity index (χ2v) is 3.77. The second-order valence-electron chi connectivity index (χ2n) is 3.77. The Bertz CT molecular complexity index is 321. The van der Waals surface area contributed by atoms with Crippen LogP contribution in [0.15, 0.2) is 18.3 Å². The van der Waals surface area contributed by atoms with Gasteiger partial charge in [-0.3, -0.25) is 4.98 Å². The third-order valence-electron chi connectivity index (χ3n) is 2.19. The molecule has 0 bridgehead atoms. The van der Waals surface area contributed by atoms with E-state index in [4.69, 9.17) is 0 Å². The first-order chi connectivity index (χ1) is 9.43. The fourth-order valence-corrected chi connectivity index (χ4v) is 1.42. The van der Waals surface area contributed by atoms with Crippen molar-refractivity contribution in [2.45, 2.75) is 53.8 Å². The highest BCUT2D eigenvalue weighted by atomic mass is 19.4.